The van der Waals surface area contributed by atoms with Gasteiger partial charge in [0.05, 0.1) is 5.25 Å². The first-order valence-corrected chi connectivity index (χ1v) is 6.15. The summed E-state index contributed by atoms with van der Waals surface area (Å²) >= 11 is 0. The van der Waals surface area contributed by atoms with Gasteiger partial charge in [0.15, 0.2) is 9.84 Å². The van der Waals surface area contributed by atoms with Crippen molar-refractivity contribution >= 4 is 9.84 Å². The molecule has 0 saturated heterocycles. The zero-order valence-corrected chi connectivity index (χ0v) is 9.06. The summed E-state index contributed by atoms with van der Waals surface area (Å²) in [5.41, 5.74) is 5.73. The van der Waals surface area contributed by atoms with E-state index in [0.717, 1.165) is 6.42 Å². The van der Waals surface area contributed by atoms with E-state index in [-0.39, 0.29) is 6.04 Å². The van der Waals surface area contributed by atoms with Crippen LogP contribution in [-0.4, -0.2) is 26.0 Å². The van der Waals surface area contributed by atoms with Crippen molar-refractivity contribution in [3.05, 3.63) is 0 Å². The van der Waals surface area contributed by atoms with Gasteiger partial charge in [-0.2, -0.15) is 0 Å². The average molecular weight is 193 g/mol. The Morgan fingerprint density at radius 2 is 1.67 bits per heavy atom. The van der Waals surface area contributed by atoms with Gasteiger partial charge in [0.1, 0.15) is 0 Å². The summed E-state index contributed by atoms with van der Waals surface area (Å²) < 4.78 is 22.1. The van der Waals surface area contributed by atoms with Crippen LogP contribution >= 0.6 is 0 Å². The lowest BCUT2D eigenvalue weighted by atomic mass is 10.0. The summed E-state index contributed by atoms with van der Waals surface area (Å²) in [6.45, 7) is 5.74. The molecule has 3 nitrogen and oxygen atoms in total. The molecule has 2 atom stereocenters. The lowest BCUT2D eigenvalue weighted by Crippen LogP contribution is -2.38. The normalized spacial score (nSPS) is 17.8. The third-order valence-electron chi connectivity index (χ3n) is 2.02. The summed E-state index contributed by atoms with van der Waals surface area (Å²) in [6, 6.07) is -0.236. The molecular weight excluding hydrogens is 174 g/mol. The molecule has 0 aromatic carbocycles. The summed E-state index contributed by atoms with van der Waals surface area (Å²) in [4.78, 5) is 0. The van der Waals surface area contributed by atoms with E-state index in [1.165, 1.54) is 6.26 Å². The zero-order valence-electron chi connectivity index (χ0n) is 8.24. The van der Waals surface area contributed by atoms with Gasteiger partial charge in [-0.15, -0.1) is 0 Å². The van der Waals surface area contributed by atoms with E-state index < -0.39 is 15.1 Å². The minimum atomic E-state index is -2.97. The predicted molar refractivity (Wildman–Crippen MR) is 51.7 cm³/mol. The highest BCUT2D eigenvalue weighted by atomic mass is 32.2. The molecule has 0 fully saturated rings. The van der Waals surface area contributed by atoms with Crippen LogP contribution in [0, 0.1) is 5.92 Å². The maximum Gasteiger partial charge on any atom is 0.151 e. The Bertz CT molecular complexity index is 221. The fourth-order valence-corrected chi connectivity index (χ4v) is 1.80. The number of rotatable bonds is 4. The standard InChI is InChI=1S/C8H19NO2S/c1-6(2)5-8(9)7(3)12(4,10)11/h6-8H,5,9H2,1-4H3. The molecular formula is C8H19NO2S. The molecule has 0 aromatic rings. The van der Waals surface area contributed by atoms with Gasteiger partial charge in [0, 0.05) is 12.3 Å². The van der Waals surface area contributed by atoms with E-state index in [4.69, 9.17) is 5.73 Å². The van der Waals surface area contributed by atoms with Gasteiger partial charge in [-0.1, -0.05) is 13.8 Å². The Morgan fingerprint density at radius 3 is 1.92 bits per heavy atom. The number of hydrogen-bond donors (Lipinski definition) is 1. The van der Waals surface area contributed by atoms with Gasteiger partial charge < -0.3 is 5.73 Å². The predicted octanol–water partition coefficient (Wildman–Crippen LogP) is 0.793. The molecule has 2 N–H and O–H groups in total. The second-order valence-electron chi connectivity index (χ2n) is 3.83. The Hall–Kier alpha value is -0.0900. The third-order valence-corrected chi connectivity index (χ3v) is 3.72. The Balaban J connectivity index is 4.21. The summed E-state index contributed by atoms with van der Waals surface area (Å²) in [5.74, 6) is 0.448. The first-order valence-electron chi connectivity index (χ1n) is 4.19. The molecule has 0 aliphatic carbocycles. The molecule has 0 rings (SSSR count). The van der Waals surface area contributed by atoms with Crippen LogP contribution in [0.2, 0.25) is 0 Å². The van der Waals surface area contributed by atoms with E-state index in [0.29, 0.717) is 5.92 Å². The van der Waals surface area contributed by atoms with Gasteiger partial charge in [-0.05, 0) is 19.3 Å². The highest BCUT2D eigenvalue weighted by molar-refractivity contribution is 7.91. The first kappa shape index (κ1) is 11.9. The highest BCUT2D eigenvalue weighted by Crippen LogP contribution is 2.10. The fraction of sp³-hybridized carbons (Fsp3) is 1.00. The molecule has 12 heavy (non-hydrogen) atoms. The average Bonchev–Trinajstić information content (AvgIpc) is 1.82. The maximum absolute atomic E-state index is 11.1. The Kier molecular flexibility index (Phi) is 4.20. The highest BCUT2D eigenvalue weighted by Gasteiger charge is 2.22. The second kappa shape index (κ2) is 4.23. The van der Waals surface area contributed by atoms with Crippen LogP contribution in [0.1, 0.15) is 27.2 Å². The molecule has 4 heteroatoms. The minimum Gasteiger partial charge on any atom is -0.327 e. The van der Waals surface area contributed by atoms with Crippen molar-refractivity contribution in [2.75, 3.05) is 6.26 Å². The number of hydrogen-bond acceptors (Lipinski definition) is 3. The van der Waals surface area contributed by atoms with Crippen molar-refractivity contribution in [3.63, 3.8) is 0 Å². The van der Waals surface area contributed by atoms with Crippen LogP contribution in [0.15, 0.2) is 0 Å². The molecule has 0 aliphatic rings. The Labute approximate surface area is 75.3 Å². The van der Waals surface area contributed by atoms with Gasteiger partial charge in [0.25, 0.3) is 0 Å². The molecule has 0 amide bonds. The second-order valence-corrected chi connectivity index (χ2v) is 6.23. The summed E-state index contributed by atoms with van der Waals surface area (Å²) in [5, 5.41) is -0.431. The van der Waals surface area contributed by atoms with Crippen molar-refractivity contribution in [3.8, 4) is 0 Å². The van der Waals surface area contributed by atoms with Crippen LogP contribution in [0.3, 0.4) is 0 Å². The molecule has 74 valence electrons. The largest absolute Gasteiger partial charge is 0.327 e. The van der Waals surface area contributed by atoms with Gasteiger partial charge in [0.2, 0.25) is 0 Å². The quantitative estimate of drug-likeness (QED) is 0.718. The van der Waals surface area contributed by atoms with E-state index in [2.05, 4.69) is 0 Å². The molecule has 0 aromatic heterocycles. The van der Waals surface area contributed by atoms with Gasteiger partial charge in [-0.25, -0.2) is 8.42 Å². The van der Waals surface area contributed by atoms with Crippen molar-refractivity contribution in [1.82, 2.24) is 0 Å². The first-order chi connectivity index (χ1) is 5.25. The lowest BCUT2D eigenvalue weighted by molar-refractivity contribution is 0.477. The van der Waals surface area contributed by atoms with Crippen molar-refractivity contribution < 1.29 is 8.42 Å². The summed E-state index contributed by atoms with van der Waals surface area (Å²) in [7, 11) is -2.97. The lowest BCUT2D eigenvalue weighted by Gasteiger charge is -2.19. The van der Waals surface area contributed by atoms with E-state index >= 15 is 0 Å². The molecule has 0 aliphatic heterocycles. The molecule has 0 spiro atoms. The summed E-state index contributed by atoms with van der Waals surface area (Å²) in [6.07, 6.45) is 1.99. The molecule has 0 heterocycles. The van der Waals surface area contributed by atoms with E-state index in [1.54, 1.807) is 6.92 Å². The van der Waals surface area contributed by atoms with Crippen molar-refractivity contribution in [2.45, 2.75) is 38.5 Å². The number of nitrogens with two attached hydrogens (primary N) is 1. The van der Waals surface area contributed by atoms with Crippen molar-refractivity contribution in [1.29, 1.82) is 0 Å². The van der Waals surface area contributed by atoms with Crippen LogP contribution in [0.4, 0.5) is 0 Å². The Morgan fingerprint density at radius 1 is 1.25 bits per heavy atom. The van der Waals surface area contributed by atoms with Crippen LogP contribution in [0.25, 0.3) is 0 Å². The number of sulfone groups is 1. The van der Waals surface area contributed by atoms with Crippen LogP contribution in [0.5, 0.6) is 0 Å². The molecule has 0 saturated carbocycles. The third kappa shape index (κ3) is 4.07. The topological polar surface area (TPSA) is 60.2 Å². The van der Waals surface area contributed by atoms with Gasteiger partial charge >= 0.3 is 0 Å². The van der Waals surface area contributed by atoms with E-state index in [1.807, 2.05) is 13.8 Å². The van der Waals surface area contributed by atoms with E-state index in [9.17, 15) is 8.42 Å². The van der Waals surface area contributed by atoms with Crippen LogP contribution < -0.4 is 5.73 Å². The molecule has 0 bridgehead atoms. The zero-order chi connectivity index (χ0) is 9.94. The molecule has 0 radical (unpaired) electrons. The minimum absolute atomic E-state index is 0.236. The molecule has 2 unspecified atom stereocenters. The monoisotopic (exact) mass is 193 g/mol. The fourth-order valence-electron chi connectivity index (χ4n) is 1.05. The smallest absolute Gasteiger partial charge is 0.151 e. The SMILES string of the molecule is CC(C)CC(N)C(C)S(C)(=O)=O. The van der Waals surface area contributed by atoms with Crippen molar-refractivity contribution in [2.24, 2.45) is 11.7 Å². The maximum atomic E-state index is 11.1. The van der Waals surface area contributed by atoms with Gasteiger partial charge in [-0.3, -0.25) is 0 Å². The van der Waals surface area contributed by atoms with Crippen LogP contribution in [-0.2, 0) is 9.84 Å².